The third-order valence-corrected chi connectivity index (χ3v) is 3.60. The van der Waals surface area contributed by atoms with Crippen molar-refractivity contribution in [2.45, 2.75) is 38.8 Å². The molecule has 2 aliphatic heterocycles. The van der Waals surface area contributed by atoms with Gasteiger partial charge in [0.2, 0.25) is 0 Å². The molecule has 6 nitrogen and oxygen atoms in total. The van der Waals surface area contributed by atoms with Crippen LogP contribution in [0.3, 0.4) is 0 Å². The SMILES string of the molecule is CC(C)(C)OC(=O)N1CC(N2CC[C@@H](C(=O)O)C2)C1. The van der Waals surface area contributed by atoms with Gasteiger partial charge in [-0.05, 0) is 33.7 Å². The highest BCUT2D eigenvalue weighted by atomic mass is 16.6. The molecule has 0 bridgehead atoms. The number of carbonyl (C=O) groups is 2. The number of amides is 1. The smallest absolute Gasteiger partial charge is 0.410 e. The van der Waals surface area contributed by atoms with E-state index in [0.29, 0.717) is 26.1 Å². The van der Waals surface area contributed by atoms with E-state index in [4.69, 9.17) is 9.84 Å². The van der Waals surface area contributed by atoms with Gasteiger partial charge in [0.15, 0.2) is 0 Å². The number of likely N-dealkylation sites (tertiary alicyclic amines) is 2. The Hall–Kier alpha value is -1.30. The van der Waals surface area contributed by atoms with E-state index in [2.05, 4.69) is 4.90 Å². The molecule has 1 atom stereocenters. The molecule has 19 heavy (non-hydrogen) atoms. The van der Waals surface area contributed by atoms with Gasteiger partial charge in [0, 0.05) is 25.7 Å². The molecule has 0 radical (unpaired) electrons. The van der Waals surface area contributed by atoms with Crippen molar-refractivity contribution in [3.8, 4) is 0 Å². The molecule has 2 aliphatic rings. The van der Waals surface area contributed by atoms with Crippen LogP contribution in [0.15, 0.2) is 0 Å². The number of carboxylic acids is 1. The van der Waals surface area contributed by atoms with Crippen molar-refractivity contribution in [2.75, 3.05) is 26.2 Å². The normalized spacial score (nSPS) is 25.2. The zero-order valence-electron chi connectivity index (χ0n) is 11.8. The first-order chi connectivity index (χ1) is 8.76. The quantitative estimate of drug-likeness (QED) is 0.811. The molecule has 0 unspecified atom stereocenters. The Morgan fingerprint density at radius 2 is 1.84 bits per heavy atom. The fraction of sp³-hybridized carbons (Fsp3) is 0.846. The largest absolute Gasteiger partial charge is 0.481 e. The molecule has 2 heterocycles. The summed E-state index contributed by atoms with van der Waals surface area (Å²) in [4.78, 5) is 26.5. The molecule has 2 saturated heterocycles. The Morgan fingerprint density at radius 1 is 1.21 bits per heavy atom. The van der Waals surface area contributed by atoms with E-state index in [0.717, 1.165) is 6.54 Å². The van der Waals surface area contributed by atoms with Gasteiger partial charge in [-0.1, -0.05) is 0 Å². The van der Waals surface area contributed by atoms with Crippen LogP contribution < -0.4 is 0 Å². The third-order valence-electron chi connectivity index (χ3n) is 3.60. The van der Waals surface area contributed by atoms with Crippen molar-refractivity contribution in [1.29, 1.82) is 0 Å². The van der Waals surface area contributed by atoms with Crippen LogP contribution in [-0.4, -0.2) is 64.8 Å². The Morgan fingerprint density at radius 3 is 2.32 bits per heavy atom. The molecule has 108 valence electrons. The molecule has 0 aliphatic carbocycles. The fourth-order valence-electron chi connectivity index (χ4n) is 2.48. The fourth-order valence-corrected chi connectivity index (χ4v) is 2.48. The van der Waals surface area contributed by atoms with Gasteiger partial charge in [-0.3, -0.25) is 9.69 Å². The molecule has 1 N–H and O–H groups in total. The average Bonchev–Trinajstić information content (AvgIpc) is 2.61. The molecule has 6 heteroatoms. The van der Waals surface area contributed by atoms with Crippen molar-refractivity contribution in [3.63, 3.8) is 0 Å². The first kappa shape index (κ1) is 14.1. The minimum atomic E-state index is -0.717. The zero-order chi connectivity index (χ0) is 14.2. The summed E-state index contributed by atoms with van der Waals surface area (Å²) in [6.07, 6.45) is 0.427. The number of hydrogen-bond acceptors (Lipinski definition) is 4. The lowest BCUT2D eigenvalue weighted by Crippen LogP contribution is -2.61. The number of hydrogen-bond donors (Lipinski definition) is 1. The number of ether oxygens (including phenoxy) is 1. The minimum absolute atomic E-state index is 0.254. The van der Waals surface area contributed by atoms with Gasteiger partial charge in [0.05, 0.1) is 5.92 Å². The second-order valence-electron chi connectivity index (χ2n) is 6.36. The van der Waals surface area contributed by atoms with Crippen molar-refractivity contribution in [2.24, 2.45) is 5.92 Å². The van der Waals surface area contributed by atoms with E-state index in [1.807, 2.05) is 20.8 Å². The van der Waals surface area contributed by atoms with E-state index in [1.54, 1.807) is 4.90 Å². The number of nitrogens with zero attached hydrogens (tertiary/aromatic N) is 2. The summed E-state index contributed by atoms with van der Waals surface area (Å²) in [5.41, 5.74) is -0.468. The summed E-state index contributed by atoms with van der Waals surface area (Å²) in [5.74, 6) is -0.971. The van der Waals surface area contributed by atoms with Crippen molar-refractivity contribution in [3.05, 3.63) is 0 Å². The molecule has 0 aromatic carbocycles. The maximum Gasteiger partial charge on any atom is 0.410 e. The molecule has 1 amide bonds. The summed E-state index contributed by atoms with van der Waals surface area (Å²) < 4.78 is 5.29. The molecule has 0 spiro atoms. The Kier molecular flexibility index (Phi) is 3.71. The average molecular weight is 270 g/mol. The predicted molar refractivity (Wildman–Crippen MR) is 68.9 cm³/mol. The second kappa shape index (κ2) is 5.00. The summed E-state index contributed by atoms with van der Waals surface area (Å²) in [5, 5.41) is 8.96. The molecule has 0 aromatic heterocycles. The van der Waals surface area contributed by atoms with Gasteiger partial charge in [-0.2, -0.15) is 0 Å². The molecular formula is C13H22N2O4. The summed E-state index contributed by atoms with van der Waals surface area (Å²) in [7, 11) is 0. The van der Waals surface area contributed by atoms with Crippen LogP contribution in [0.1, 0.15) is 27.2 Å². The van der Waals surface area contributed by atoms with E-state index in [9.17, 15) is 9.59 Å². The molecule has 2 fully saturated rings. The minimum Gasteiger partial charge on any atom is -0.481 e. The van der Waals surface area contributed by atoms with Crippen LogP contribution >= 0.6 is 0 Å². The highest BCUT2D eigenvalue weighted by molar-refractivity contribution is 5.71. The van der Waals surface area contributed by atoms with Crippen molar-refractivity contribution in [1.82, 2.24) is 9.80 Å². The molecular weight excluding hydrogens is 248 g/mol. The molecule has 2 rings (SSSR count). The zero-order valence-corrected chi connectivity index (χ0v) is 11.8. The van der Waals surface area contributed by atoms with Gasteiger partial charge in [0.1, 0.15) is 5.60 Å². The maximum atomic E-state index is 11.8. The second-order valence-corrected chi connectivity index (χ2v) is 6.36. The first-order valence-electron chi connectivity index (χ1n) is 6.71. The predicted octanol–water partition coefficient (Wildman–Crippen LogP) is 1.01. The van der Waals surface area contributed by atoms with E-state index in [1.165, 1.54) is 0 Å². The molecule has 0 saturated carbocycles. The summed E-state index contributed by atoms with van der Waals surface area (Å²) in [6, 6.07) is 0.289. The lowest BCUT2D eigenvalue weighted by molar-refractivity contribution is -0.141. The lowest BCUT2D eigenvalue weighted by Gasteiger charge is -2.44. The summed E-state index contributed by atoms with van der Waals surface area (Å²) >= 11 is 0. The van der Waals surface area contributed by atoms with Gasteiger partial charge < -0.3 is 14.7 Å². The number of carboxylic acid groups (broad SMARTS) is 1. The Labute approximate surface area is 113 Å². The first-order valence-corrected chi connectivity index (χ1v) is 6.71. The van der Waals surface area contributed by atoms with Gasteiger partial charge in [-0.15, -0.1) is 0 Å². The number of rotatable bonds is 2. The van der Waals surface area contributed by atoms with Crippen LogP contribution in [0.4, 0.5) is 4.79 Å². The van der Waals surface area contributed by atoms with Crippen molar-refractivity contribution < 1.29 is 19.4 Å². The topological polar surface area (TPSA) is 70.1 Å². The highest BCUT2D eigenvalue weighted by Gasteiger charge is 2.40. The van der Waals surface area contributed by atoms with E-state index >= 15 is 0 Å². The van der Waals surface area contributed by atoms with Crippen LogP contribution in [-0.2, 0) is 9.53 Å². The monoisotopic (exact) mass is 270 g/mol. The van der Waals surface area contributed by atoms with Crippen LogP contribution in [0.25, 0.3) is 0 Å². The van der Waals surface area contributed by atoms with E-state index in [-0.39, 0.29) is 18.1 Å². The van der Waals surface area contributed by atoms with Crippen molar-refractivity contribution >= 4 is 12.1 Å². The van der Waals surface area contributed by atoms with Gasteiger partial charge >= 0.3 is 12.1 Å². The van der Waals surface area contributed by atoms with Gasteiger partial charge in [-0.25, -0.2) is 4.79 Å². The van der Waals surface area contributed by atoms with Crippen LogP contribution in [0.5, 0.6) is 0 Å². The summed E-state index contributed by atoms with van der Waals surface area (Å²) in [6.45, 7) is 8.23. The number of aliphatic carboxylic acids is 1. The Bertz CT molecular complexity index is 371. The Balaban J connectivity index is 1.75. The third kappa shape index (κ3) is 3.37. The number of carbonyl (C=O) groups excluding carboxylic acids is 1. The van der Waals surface area contributed by atoms with Crippen LogP contribution in [0, 0.1) is 5.92 Å². The highest BCUT2D eigenvalue weighted by Crippen LogP contribution is 2.25. The maximum absolute atomic E-state index is 11.8. The van der Waals surface area contributed by atoms with Crippen LogP contribution in [0.2, 0.25) is 0 Å². The van der Waals surface area contributed by atoms with Gasteiger partial charge in [0.25, 0.3) is 0 Å². The molecule has 0 aromatic rings. The standard InChI is InChI=1S/C13H22N2O4/c1-13(2,3)19-12(18)15-7-10(8-15)14-5-4-9(6-14)11(16)17/h9-10H,4-8H2,1-3H3,(H,16,17)/t9-/m1/s1. The lowest BCUT2D eigenvalue weighted by atomic mass is 10.1. The van der Waals surface area contributed by atoms with E-state index < -0.39 is 11.6 Å².